The average molecular weight is 400 g/mol. The molecular formula is C23H33N3O3. The molecule has 2 atom stereocenters. The van der Waals surface area contributed by atoms with Gasteiger partial charge < -0.3 is 14.8 Å². The van der Waals surface area contributed by atoms with Gasteiger partial charge in [0.25, 0.3) is 0 Å². The van der Waals surface area contributed by atoms with E-state index in [0.717, 1.165) is 24.8 Å². The summed E-state index contributed by atoms with van der Waals surface area (Å²) < 4.78 is 11.4. The molecule has 0 radical (unpaired) electrons. The Kier molecular flexibility index (Phi) is 8.58. The highest BCUT2D eigenvalue weighted by Crippen LogP contribution is 2.25. The predicted octanol–water partition coefficient (Wildman–Crippen LogP) is 4.70. The zero-order valence-corrected chi connectivity index (χ0v) is 18.2. The largest absolute Gasteiger partial charge is 0.461 e. The van der Waals surface area contributed by atoms with Gasteiger partial charge in [0.05, 0.1) is 18.8 Å². The fourth-order valence-electron chi connectivity index (χ4n) is 3.43. The van der Waals surface area contributed by atoms with Crippen LogP contribution in [0.15, 0.2) is 36.0 Å². The van der Waals surface area contributed by atoms with E-state index in [1.165, 1.54) is 5.57 Å². The Balaban J connectivity index is 2.03. The van der Waals surface area contributed by atoms with Crippen molar-refractivity contribution in [3.8, 4) is 0 Å². The quantitative estimate of drug-likeness (QED) is 0.505. The smallest absolute Gasteiger partial charge is 0.357 e. The van der Waals surface area contributed by atoms with Crippen molar-refractivity contribution >= 4 is 11.8 Å². The Morgan fingerprint density at radius 3 is 2.79 bits per heavy atom. The van der Waals surface area contributed by atoms with E-state index in [2.05, 4.69) is 40.9 Å². The number of ether oxygens (including phenoxy) is 2. The number of hydrogen-bond acceptors (Lipinski definition) is 6. The third kappa shape index (κ3) is 6.53. The van der Waals surface area contributed by atoms with Crippen molar-refractivity contribution < 1.29 is 14.3 Å². The summed E-state index contributed by atoms with van der Waals surface area (Å²) in [5.41, 5.74) is 3.17. The second kappa shape index (κ2) is 10.9. The van der Waals surface area contributed by atoms with Crippen LogP contribution in [0.1, 0.15) is 61.9 Å². The topological polar surface area (TPSA) is 73.3 Å². The monoisotopic (exact) mass is 399 g/mol. The van der Waals surface area contributed by atoms with E-state index in [-0.39, 0.29) is 12.2 Å². The molecular weight excluding hydrogens is 366 g/mol. The molecule has 6 nitrogen and oxygen atoms in total. The molecule has 0 saturated carbocycles. The lowest BCUT2D eigenvalue weighted by Crippen LogP contribution is -2.33. The Morgan fingerprint density at radius 1 is 1.34 bits per heavy atom. The van der Waals surface area contributed by atoms with E-state index in [1.807, 2.05) is 19.9 Å². The van der Waals surface area contributed by atoms with Crippen molar-refractivity contribution in [2.24, 2.45) is 0 Å². The van der Waals surface area contributed by atoms with Crippen LogP contribution in [-0.2, 0) is 9.47 Å². The molecule has 1 aliphatic heterocycles. The molecule has 0 unspecified atom stereocenters. The Labute approximate surface area is 174 Å². The van der Waals surface area contributed by atoms with Gasteiger partial charge >= 0.3 is 5.97 Å². The second-order valence-electron chi connectivity index (χ2n) is 7.34. The molecule has 1 fully saturated rings. The lowest BCUT2D eigenvalue weighted by Gasteiger charge is -2.31. The number of rotatable bonds is 8. The third-order valence-electron chi connectivity index (χ3n) is 4.83. The molecule has 1 aliphatic rings. The van der Waals surface area contributed by atoms with Crippen molar-refractivity contribution in [3.05, 3.63) is 53.0 Å². The molecule has 2 rings (SSSR count). The summed E-state index contributed by atoms with van der Waals surface area (Å²) in [6.07, 6.45) is 9.29. The number of carbonyl (C=O) groups is 1. The molecule has 0 aromatic carbocycles. The van der Waals surface area contributed by atoms with Crippen molar-refractivity contribution in [2.45, 2.75) is 66.1 Å². The summed E-state index contributed by atoms with van der Waals surface area (Å²) in [6, 6.07) is 0. The highest BCUT2D eigenvalue weighted by molar-refractivity contribution is 5.90. The minimum atomic E-state index is -0.424. The van der Waals surface area contributed by atoms with Crippen LogP contribution in [0, 0.1) is 13.8 Å². The van der Waals surface area contributed by atoms with Gasteiger partial charge in [-0.15, -0.1) is 0 Å². The minimum Gasteiger partial charge on any atom is -0.461 e. The van der Waals surface area contributed by atoms with E-state index in [4.69, 9.17) is 9.47 Å². The van der Waals surface area contributed by atoms with Crippen LogP contribution in [0.25, 0.3) is 0 Å². The van der Waals surface area contributed by atoms with Crippen molar-refractivity contribution in [3.63, 3.8) is 0 Å². The van der Waals surface area contributed by atoms with Crippen LogP contribution >= 0.6 is 0 Å². The van der Waals surface area contributed by atoms with E-state index < -0.39 is 5.97 Å². The van der Waals surface area contributed by atoms with Gasteiger partial charge in [0.1, 0.15) is 11.6 Å². The highest BCUT2D eigenvalue weighted by atomic mass is 16.5. The normalized spacial score (nSPS) is 20.0. The summed E-state index contributed by atoms with van der Waals surface area (Å²) in [5.74, 6) is 0.752. The molecule has 1 aromatic rings. The number of aryl methyl sites for hydroxylation is 1. The molecule has 2 heterocycles. The number of nitrogens with zero attached hydrogens (tertiary/aromatic N) is 2. The van der Waals surface area contributed by atoms with Crippen molar-refractivity contribution in [1.29, 1.82) is 0 Å². The van der Waals surface area contributed by atoms with Crippen LogP contribution in [0.2, 0.25) is 0 Å². The van der Waals surface area contributed by atoms with Gasteiger partial charge in [-0.25, -0.2) is 14.8 Å². The molecule has 0 bridgehead atoms. The van der Waals surface area contributed by atoms with Crippen molar-refractivity contribution in [2.75, 3.05) is 18.5 Å². The SMILES string of the molecule is C=C(/C=C(C)\C=C/C)[C@H]1CCC[C@@H](CNc2nc(C)nc(C(=O)OCC)c2C)O1. The third-order valence-corrected chi connectivity index (χ3v) is 4.83. The summed E-state index contributed by atoms with van der Waals surface area (Å²) in [4.78, 5) is 20.8. The van der Waals surface area contributed by atoms with Gasteiger partial charge in [0.2, 0.25) is 0 Å². The molecule has 1 aromatic heterocycles. The van der Waals surface area contributed by atoms with Crippen LogP contribution in [0.5, 0.6) is 0 Å². The van der Waals surface area contributed by atoms with Gasteiger partial charge in [0.15, 0.2) is 5.69 Å². The Hall–Kier alpha value is -2.47. The molecule has 29 heavy (non-hydrogen) atoms. The molecule has 1 N–H and O–H groups in total. The van der Waals surface area contributed by atoms with Gasteiger partial charge in [-0.3, -0.25) is 0 Å². The first-order valence-corrected chi connectivity index (χ1v) is 10.3. The summed E-state index contributed by atoms with van der Waals surface area (Å²) >= 11 is 0. The first kappa shape index (κ1) is 22.8. The second-order valence-corrected chi connectivity index (χ2v) is 7.34. The number of nitrogens with one attached hydrogen (secondary N) is 1. The lowest BCUT2D eigenvalue weighted by molar-refractivity contribution is -0.0212. The lowest BCUT2D eigenvalue weighted by atomic mass is 9.97. The van der Waals surface area contributed by atoms with Crippen LogP contribution in [0.3, 0.4) is 0 Å². The van der Waals surface area contributed by atoms with E-state index in [0.29, 0.717) is 36.1 Å². The molecule has 0 spiro atoms. The fraction of sp³-hybridized carbons (Fsp3) is 0.522. The van der Waals surface area contributed by atoms with E-state index >= 15 is 0 Å². The first-order valence-electron chi connectivity index (χ1n) is 10.3. The summed E-state index contributed by atoms with van der Waals surface area (Å²) in [5, 5.41) is 3.34. The van der Waals surface area contributed by atoms with Crippen molar-refractivity contribution in [1.82, 2.24) is 9.97 Å². The Morgan fingerprint density at radius 2 is 2.10 bits per heavy atom. The van der Waals surface area contributed by atoms with Gasteiger partial charge in [-0.2, -0.15) is 0 Å². The number of hydrogen-bond donors (Lipinski definition) is 1. The maximum absolute atomic E-state index is 12.1. The van der Waals surface area contributed by atoms with Gasteiger partial charge in [0, 0.05) is 12.1 Å². The maximum Gasteiger partial charge on any atom is 0.357 e. The average Bonchev–Trinajstić information content (AvgIpc) is 2.68. The van der Waals surface area contributed by atoms with Crippen LogP contribution in [-0.4, -0.2) is 41.3 Å². The number of esters is 1. The van der Waals surface area contributed by atoms with Crippen LogP contribution < -0.4 is 5.32 Å². The molecule has 1 saturated heterocycles. The van der Waals surface area contributed by atoms with E-state index in [1.54, 1.807) is 13.8 Å². The predicted molar refractivity (Wildman–Crippen MR) is 116 cm³/mol. The highest BCUT2D eigenvalue weighted by Gasteiger charge is 2.24. The first-order chi connectivity index (χ1) is 13.8. The van der Waals surface area contributed by atoms with Gasteiger partial charge in [-0.1, -0.05) is 30.4 Å². The fourth-order valence-corrected chi connectivity index (χ4v) is 3.43. The molecule has 6 heteroatoms. The van der Waals surface area contributed by atoms with E-state index in [9.17, 15) is 4.79 Å². The maximum atomic E-state index is 12.1. The number of anilines is 1. The van der Waals surface area contributed by atoms with Crippen LogP contribution in [0.4, 0.5) is 5.82 Å². The standard InChI is InChI=1S/C23H33N3O3/c1-7-10-15(3)13-16(4)20-12-9-11-19(29-20)14-24-22-17(5)21(23(27)28-8-2)25-18(6)26-22/h7,10,13,19-20H,4,8-9,11-12,14H2,1-3,5-6H3,(H,24,25,26)/b10-7-,15-13-/t19-,20+/m0/s1. The molecule has 158 valence electrons. The minimum absolute atomic E-state index is 0.0269. The zero-order valence-electron chi connectivity index (χ0n) is 18.2. The van der Waals surface area contributed by atoms with Gasteiger partial charge in [-0.05, 0) is 59.5 Å². The zero-order chi connectivity index (χ0) is 21.4. The number of carbonyl (C=O) groups excluding carboxylic acids is 1. The summed E-state index contributed by atoms with van der Waals surface area (Å²) in [6.45, 7) is 14.6. The number of aromatic nitrogens is 2. The molecule has 0 amide bonds. The molecule has 0 aliphatic carbocycles. The summed E-state index contributed by atoms with van der Waals surface area (Å²) in [7, 11) is 0. The number of allylic oxidation sites excluding steroid dienone is 3. The Bertz CT molecular complexity index is 799.